The van der Waals surface area contributed by atoms with E-state index < -0.39 is 10.0 Å². The highest BCUT2D eigenvalue weighted by atomic mass is 32.2. The number of nitrogens with one attached hydrogen (secondary N) is 1. The van der Waals surface area contributed by atoms with Crippen LogP contribution >= 0.6 is 0 Å². The van der Waals surface area contributed by atoms with E-state index in [-0.39, 0.29) is 17.2 Å². The molecule has 110 valence electrons. The summed E-state index contributed by atoms with van der Waals surface area (Å²) in [4.78, 5) is 0.179. The van der Waals surface area contributed by atoms with Crippen LogP contribution in [0.3, 0.4) is 0 Å². The Bertz CT molecular complexity index is 723. The van der Waals surface area contributed by atoms with Gasteiger partial charge >= 0.3 is 0 Å². The highest BCUT2D eigenvalue weighted by Crippen LogP contribution is 2.10. The van der Waals surface area contributed by atoms with Crippen LogP contribution in [0.1, 0.15) is 11.1 Å². The molecule has 0 radical (unpaired) electrons. The molecule has 0 atom stereocenters. The summed E-state index contributed by atoms with van der Waals surface area (Å²) in [6.45, 7) is 1.80. The van der Waals surface area contributed by atoms with Gasteiger partial charge in [0.2, 0.25) is 10.0 Å². The lowest BCUT2D eigenvalue weighted by molar-refractivity contribution is 0.318. The van der Waals surface area contributed by atoms with Crippen LogP contribution in [0.4, 0.5) is 0 Å². The zero-order valence-corrected chi connectivity index (χ0v) is 12.3. The van der Waals surface area contributed by atoms with Crippen LogP contribution in [0.15, 0.2) is 64.6 Å². The third-order valence-corrected chi connectivity index (χ3v) is 4.41. The summed E-state index contributed by atoms with van der Waals surface area (Å²) < 4.78 is 26.7. The zero-order chi connectivity index (χ0) is 15.3. The predicted molar refractivity (Wildman–Crippen MR) is 81.1 cm³/mol. The Balaban J connectivity index is 2.13. The first-order valence-corrected chi connectivity index (χ1v) is 7.84. The molecule has 0 spiro atoms. The minimum Gasteiger partial charge on any atom is -0.411 e. The molecule has 0 saturated carbocycles. The molecule has 0 bridgehead atoms. The molecule has 2 rings (SSSR count). The molecular formula is C15H16N2O3S. The van der Waals surface area contributed by atoms with Gasteiger partial charge in [0.25, 0.3) is 0 Å². The number of sulfonamides is 1. The van der Waals surface area contributed by atoms with Crippen molar-refractivity contribution in [2.75, 3.05) is 6.54 Å². The van der Waals surface area contributed by atoms with Crippen molar-refractivity contribution in [2.45, 2.75) is 11.8 Å². The summed E-state index contributed by atoms with van der Waals surface area (Å²) in [5, 5.41) is 12.2. The molecule has 2 aromatic rings. The van der Waals surface area contributed by atoms with E-state index in [1.165, 1.54) is 12.1 Å². The van der Waals surface area contributed by atoms with E-state index >= 15 is 0 Å². The summed E-state index contributed by atoms with van der Waals surface area (Å²) in [5.41, 5.74) is 1.90. The minimum atomic E-state index is -3.63. The van der Waals surface area contributed by atoms with E-state index in [4.69, 9.17) is 5.21 Å². The van der Waals surface area contributed by atoms with Gasteiger partial charge in [-0.2, -0.15) is 0 Å². The molecular weight excluding hydrogens is 288 g/mol. The SMILES string of the molecule is Cc1ccc(S(=O)(=O)NCC(=NO)c2ccccc2)cc1. The van der Waals surface area contributed by atoms with Crippen LogP contribution in [-0.2, 0) is 10.0 Å². The molecule has 0 heterocycles. The molecule has 2 N–H and O–H groups in total. The van der Waals surface area contributed by atoms with Gasteiger partial charge in [-0.25, -0.2) is 13.1 Å². The van der Waals surface area contributed by atoms with Gasteiger partial charge in [0, 0.05) is 5.56 Å². The molecule has 0 fully saturated rings. The van der Waals surface area contributed by atoms with Gasteiger partial charge in [0.05, 0.1) is 11.4 Å². The Kier molecular flexibility index (Phi) is 4.72. The summed E-state index contributed by atoms with van der Waals surface area (Å²) in [6.07, 6.45) is 0. The lowest BCUT2D eigenvalue weighted by Gasteiger charge is -2.08. The van der Waals surface area contributed by atoms with Gasteiger partial charge in [0.15, 0.2) is 0 Å². The fourth-order valence-corrected chi connectivity index (χ4v) is 2.78. The second kappa shape index (κ2) is 6.51. The maximum absolute atomic E-state index is 12.1. The molecule has 0 aliphatic carbocycles. The van der Waals surface area contributed by atoms with E-state index in [0.717, 1.165) is 5.56 Å². The Hall–Kier alpha value is -2.18. The number of nitrogens with zero attached hydrogens (tertiary/aromatic N) is 1. The van der Waals surface area contributed by atoms with E-state index in [9.17, 15) is 8.42 Å². The van der Waals surface area contributed by atoms with Gasteiger partial charge < -0.3 is 5.21 Å². The lowest BCUT2D eigenvalue weighted by Crippen LogP contribution is -2.30. The quantitative estimate of drug-likeness (QED) is 0.505. The molecule has 0 unspecified atom stereocenters. The maximum Gasteiger partial charge on any atom is 0.240 e. The summed E-state index contributed by atoms with van der Waals surface area (Å²) >= 11 is 0. The first kappa shape index (κ1) is 15.2. The van der Waals surface area contributed by atoms with Crippen LogP contribution in [0, 0.1) is 6.92 Å². The topological polar surface area (TPSA) is 78.8 Å². The molecule has 21 heavy (non-hydrogen) atoms. The molecule has 0 aliphatic rings. The summed E-state index contributed by atoms with van der Waals surface area (Å²) in [7, 11) is -3.63. The number of benzene rings is 2. The number of rotatable bonds is 5. The minimum absolute atomic E-state index is 0.0866. The first-order valence-electron chi connectivity index (χ1n) is 6.35. The summed E-state index contributed by atoms with van der Waals surface area (Å²) in [5.74, 6) is 0. The largest absolute Gasteiger partial charge is 0.411 e. The molecule has 0 saturated heterocycles. The number of aryl methyl sites for hydroxylation is 1. The van der Waals surface area contributed by atoms with E-state index in [1.54, 1.807) is 36.4 Å². The van der Waals surface area contributed by atoms with Crippen molar-refractivity contribution in [3.05, 3.63) is 65.7 Å². The van der Waals surface area contributed by atoms with E-state index in [1.807, 2.05) is 13.0 Å². The smallest absolute Gasteiger partial charge is 0.240 e. The Morgan fingerprint density at radius 2 is 1.71 bits per heavy atom. The average molecular weight is 304 g/mol. The molecule has 5 nitrogen and oxygen atoms in total. The standard InChI is InChI=1S/C15H16N2O3S/c1-12-7-9-14(10-8-12)21(19,20)16-11-15(17-18)13-5-3-2-4-6-13/h2-10,16,18H,11H2,1H3. The number of hydrogen-bond acceptors (Lipinski definition) is 4. The van der Waals surface area contributed by atoms with Gasteiger partial charge in [-0.3, -0.25) is 0 Å². The van der Waals surface area contributed by atoms with Gasteiger partial charge in [-0.05, 0) is 19.1 Å². The Morgan fingerprint density at radius 3 is 2.29 bits per heavy atom. The predicted octanol–water partition coefficient (Wildman–Crippen LogP) is 2.15. The van der Waals surface area contributed by atoms with Crippen molar-refractivity contribution in [3.63, 3.8) is 0 Å². The second-order valence-corrected chi connectivity index (χ2v) is 6.32. The first-order chi connectivity index (χ1) is 10.0. The average Bonchev–Trinajstić information content (AvgIpc) is 2.49. The zero-order valence-electron chi connectivity index (χ0n) is 11.5. The second-order valence-electron chi connectivity index (χ2n) is 4.55. The van der Waals surface area contributed by atoms with Crippen LogP contribution < -0.4 is 4.72 Å². The van der Waals surface area contributed by atoms with Crippen molar-refractivity contribution >= 4 is 15.7 Å². The Morgan fingerprint density at radius 1 is 1.10 bits per heavy atom. The van der Waals surface area contributed by atoms with E-state index in [2.05, 4.69) is 9.88 Å². The fourth-order valence-electron chi connectivity index (χ4n) is 1.79. The van der Waals surface area contributed by atoms with Crippen LogP contribution in [0.5, 0.6) is 0 Å². The summed E-state index contributed by atoms with van der Waals surface area (Å²) in [6, 6.07) is 15.4. The Labute approximate surface area is 124 Å². The highest BCUT2D eigenvalue weighted by molar-refractivity contribution is 7.89. The van der Waals surface area contributed by atoms with Gasteiger partial charge in [-0.15, -0.1) is 0 Å². The van der Waals surface area contributed by atoms with Crippen molar-refractivity contribution in [2.24, 2.45) is 5.16 Å². The van der Waals surface area contributed by atoms with Gasteiger partial charge in [-0.1, -0.05) is 53.2 Å². The third kappa shape index (κ3) is 3.90. The van der Waals surface area contributed by atoms with Crippen LogP contribution in [0.25, 0.3) is 0 Å². The van der Waals surface area contributed by atoms with E-state index in [0.29, 0.717) is 5.56 Å². The van der Waals surface area contributed by atoms with Crippen LogP contribution in [0.2, 0.25) is 0 Å². The van der Waals surface area contributed by atoms with Crippen molar-refractivity contribution in [3.8, 4) is 0 Å². The number of hydrogen-bond donors (Lipinski definition) is 2. The molecule has 0 amide bonds. The normalized spacial score (nSPS) is 12.3. The fraction of sp³-hybridized carbons (Fsp3) is 0.133. The maximum atomic E-state index is 12.1. The number of oxime groups is 1. The monoisotopic (exact) mass is 304 g/mol. The van der Waals surface area contributed by atoms with Gasteiger partial charge in [0.1, 0.15) is 5.71 Å². The van der Waals surface area contributed by atoms with Crippen molar-refractivity contribution in [1.82, 2.24) is 4.72 Å². The van der Waals surface area contributed by atoms with Crippen molar-refractivity contribution in [1.29, 1.82) is 0 Å². The third-order valence-electron chi connectivity index (χ3n) is 2.99. The molecule has 6 heteroatoms. The van der Waals surface area contributed by atoms with Crippen LogP contribution in [-0.4, -0.2) is 25.9 Å². The molecule has 0 aromatic heterocycles. The van der Waals surface area contributed by atoms with Crippen molar-refractivity contribution < 1.29 is 13.6 Å². The lowest BCUT2D eigenvalue weighted by atomic mass is 10.1. The molecule has 2 aromatic carbocycles. The molecule has 0 aliphatic heterocycles. The highest BCUT2D eigenvalue weighted by Gasteiger charge is 2.15.